The average Bonchev–Trinajstić information content (AvgIpc) is 2.72. The Labute approximate surface area is 184 Å². The molecule has 0 aliphatic carbocycles. The molecule has 1 unspecified atom stereocenters. The van der Waals surface area contributed by atoms with Crippen molar-refractivity contribution in [3.63, 3.8) is 0 Å². The van der Waals surface area contributed by atoms with E-state index in [-0.39, 0.29) is 29.7 Å². The zero-order chi connectivity index (χ0) is 23.9. The Bertz CT molecular complexity index is 970. The fourth-order valence-electron chi connectivity index (χ4n) is 2.29. The number of benzene rings is 2. The summed E-state index contributed by atoms with van der Waals surface area (Å²) in [5, 5.41) is 11.0. The minimum Gasteiger partial charge on any atom is -0.459 e. The Kier molecular flexibility index (Phi) is 8.63. The highest BCUT2D eigenvalue weighted by molar-refractivity contribution is 6.32. The Morgan fingerprint density at radius 2 is 1.84 bits per heavy atom. The average molecular weight is 480 g/mol. The minimum atomic E-state index is -4.59. The number of ether oxygens (including phenoxy) is 5. The summed E-state index contributed by atoms with van der Waals surface area (Å²) in [5.41, 5.74) is -1.50. The van der Waals surface area contributed by atoms with Crippen LogP contribution in [0.3, 0.4) is 0 Å². The van der Waals surface area contributed by atoms with E-state index >= 15 is 0 Å². The van der Waals surface area contributed by atoms with E-state index < -0.39 is 40.4 Å². The van der Waals surface area contributed by atoms with Crippen molar-refractivity contribution in [3.8, 4) is 17.2 Å². The van der Waals surface area contributed by atoms with Crippen molar-refractivity contribution in [1.82, 2.24) is 0 Å². The molecule has 2 aromatic rings. The third kappa shape index (κ3) is 6.70. The number of nitro groups is 1. The van der Waals surface area contributed by atoms with Gasteiger partial charge in [-0.3, -0.25) is 10.1 Å². The number of carbonyl (C=O) groups is 1. The molecule has 2 rings (SSSR count). The van der Waals surface area contributed by atoms with Gasteiger partial charge < -0.3 is 23.7 Å². The topological polar surface area (TPSA) is 106 Å². The van der Waals surface area contributed by atoms with Gasteiger partial charge in [0.2, 0.25) is 5.75 Å². The van der Waals surface area contributed by atoms with Gasteiger partial charge in [-0.25, -0.2) is 4.79 Å². The van der Waals surface area contributed by atoms with Crippen molar-refractivity contribution < 1.29 is 46.6 Å². The Balaban J connectivity index is 2.27. The molecule has 0 aliphatic heterocycles. The van der Waals surface area contributed by atoms with Crippen LogP contribution in [0.15, 0.2) is 36.4 Å². The molecule has 0 fully saturated rings. The highest BCUT2D eigenvalue weighted by Gasteiger charge is 2.31. The summed E-state index contributed by atoms with van der Waals surface area (Å²) in [5.74, 6) is -1.57. The van der Waals surface area contributed by atoms with Gasteiger partial charge in [-0.2, -0.15) is 13.2 Å². The normalized spacial score (nSPS) is 12.2. The van der Waals surface area contributed by atoms with E-state index in [1.54, 1.807) is 0 Å². The molecule has 32 heavy (non-hydrogen) atoms. The van der Waals surface area contributed by atoms with Crippen LogP contribution in [-0.4, -0.2) is 44.6 Å². The second kappa shape index (κ2) is 11.0. The van der Waals surface area contributed by atoms with Crippen LogP contribution in [-0.2, 0) is 25.2 Å². The van der Waals surface area contributed by atoms with Crippen LogP contribution in [0.4, 0.5) is 18.9 Å². The van der Waals surface area contributed by atoms with E-state index in [0.717, 1.165) is 31.4 Å². The standard InChI is InChI=1S/C19H17ClF3NO8/c1-28-7-8-30-17(25)18(29-2)32-16-10-12(4-5-14(16)24(26)27)31-15-6-3-11(9-13(15)20)19(21,22)23/h3-6,9-10,18H,7-8H2,1-2H3. The first-order valence-electron chi connectivity index (χ1n) is 8.75. The molecule has 0 bridgehead atoms. The van der Waals surface area contributed by atoms with Crippen LogP contribution in [0.5, 0.6) is 17.2 Å². The molecular formula is C19H17ClF3NO8. The first kappa shape index (κ1) is 25.2. The second-order valence-corrected chi connectivity index (χ2v) is 6.38. The van der Waals surface area contributed by atoms with Crippen LogP contribution in [0.2, 0.25) is 5.02 Å². The number of carbonyl (C=O) groups excluding carboxylic acids is 1. The monoisotopic (exact) mass is 479 g/mol. The van der Waals surface area contributed by atoms with Crippen LogP contribution in [0.1, 0.15) is 5.56 Å². The zero-order valence-corrected chi connectivity index (χ0v) is 17.4. The van der Waals surface area contributed by atoms with E-state index in [0.29, 0.717) is 6.07 Å². The quantitative estimate of drug-likeness (QED) is 0.160. The van der Waals surface area contributed by atoms with E-state index in [9.17, 15) is 28.1 Å². The third-order valence-electron chi connectivity index (χ3n) is 3.79. The van der Waals surface area contributed by atoms with Crippen LogP contribution in [0.25, 0.3) is 0 Å². The van der Waals surface area contributed by atoms with E-state index in [4.69, 9.17) is 35.3 Å². The number of halogens is 4. The number of nitro benzene ring substituents is 1. The molecular weight excluding hydrogens is 463 g/mol. The molecule has 1 atom stereocenters. The second-order valence-electron chi connectivity index (χ2n) is 5.98. The zero-order valence-electron chi connectivity index (χ0n) is 16.7. The smallest absolute Gasteiger partial charge is 0.416 e. The number of hydrogen-bond donors (Lipinski definition) is 0. The lowest BCUT2D eigenvalue weighted by molar-refractivity contribution is -0.386. The molecule has 9 nitrogen and oxygen atoms in total. The number of nitrogens with zero attached hydrogens (tertiary/aromatic N) is 1. The number of hydrogen-bond acceptors (Lipinski definition) is 8. The number of methoxy groups -OCH3 is 2. The Morgan fingerprint density at radius 3 is 2.41 bits per heavy atom. The molecule has 0 aromatic heterocycles. The fourth-order valence-corrected chi connectivity index (χ4v) is 2.51. The van der Waals surface area contributed by atoms with Crippen LogP contribution >= 0.6 is 11.6 Å². The van der Waals surface area contributed by atoms with Crippen molar-refractivity contribution in [2.24, 2.45) is 0 Å². The maximum atomic E-state index is 12.8. The molecule has 0 spiro atoms. The van der Waals surface area contributed by atoms with Gasteiger partial charge in [-0.15, -0.1) is 0 Å². The molecule has 0 heterocycles. The van der Waals surface area contributed by atoms with Gasteiger partial charge >= 0.3 is 17.8 Å². The lowest BCUT2D eigenvalue weighted by Crippen LogP contribution is -2.32. The Morgan fingerprint density at radius 1 is 1.12 bits per heavy atom. The summed E-state index contributed by atoms with van der Waals surface area (Å²) >= 11 is 5.86. The molecule has 0 amide bonds. The van der Waals surface area contributed by atoms with E-state index in [1.807, 2.05) is 0 Å². The lowest BCUT2D eigenvalue weighted by Gasteiger charge is -2.17. The van der Waals surface area contributed by atoms with Crippen molar-refractivity contribution in [3.05, 3.63) is 57.1 Å². The first-order chi connectivity index (χ1) is 15.1. The summed E-state index contributed by atoms with van der Waals surface area (Å²) < 4.78 is 63.5. The van der Waals surface area contributed by atoms with Crippen LogP contribution in [0, 0.1) is 10.1 Å². The van der Waals surface area contributed by atoms with Crippen molar-refractivity contribution in [1.29, 1.82) is 0 Å². The van der Waals surface area contributed by atoms with Gasteiger partial charge in [0, 0.05) is 26.4 Å². The largest absolute Gasteiger partial charge is 0.459 e. The first-order valence-corrected chi connectivity index (χ1v) is 9.12. The SMILES string of the molecule is COCCOC(=O)C(OC)Oc1cc(Oc2ccc(C(F)(F)F)cc2Cl)ccc1[N+](=O)[O-]. The summed E-state index contributed by atoms with van der Waals surface area (Å²) in [4.78, 5) is 22.6. The van der Waals surface area contributed by atoms with Gasteiger partial charge in [0.1, 0.15) is 18.1 Å². The molecule has 0 aliphatic rings. The predicted octanol–water partition coefficient (Wildman–Crippen LogP) is 4.60. The fraction of sp³-hybridized carbons (Fsp3) is 0.316. The van der Waals surface area contributed by atoms with Gasteiger partial charge in [0.25, 0.3) is 6.29 Å². The highest BCUT2D eigenvalue weighted by atomic mass is 35.5. The van der Waals surface area contributed by atoms with Gasteiger partial charge in [-0.1, -0.05) is 11.6 Å². The molecule has 2 aromatic carbocycles. The van der Waals surface area contributed by atoms with Gasteiger partial charge in [-0.05, 0) is 24.3 Å². The molecule has 0 N–H and O–H groups in total. The highest BCUT2D eigenvalue weighted by Crippen LogP contribution is 2.38. The van der Waals surface area contributed by atoms with Crippen molar-refractivity contribution >= 4 is 23.3 Å². The van der Waals surface area contributed by atoms with Gasteiger partial charge in [0.05, 0.1) is 22.1 Å². The van der Waals surface area contributed by atoms with Crippen molar-refractivity contribution in [2.75, 3.05) is 27.4 Å². The summed E-state index contributed by atoms with van der Waals surface area (Å²) in [7, 11) is 2.52. The number of alkyl halides is 3. The molecule has 174 valence electrons. The van der Waals surface area contributed by atoms with E-state index in [2.05, 4.69) is 0 Å². The minimum absolute atomic E-state index is 0.0603. The number of rotatable bonds is 10. The maximum Gasteiger partial charge on any atom is 0.416 e. The molecule has 0 radical (unpaired) electrons. The third-order valence-corrected chi connectivity index (χ3v) is 4.08. The summed E-state index contributed by atoms with van der Waals surface area (Å²) in [6.45, 7) is 0.00968. The summed E-state index contributed by atoms with van der Waals surface area (Å²) in [6, 6.07) is 5.69. The molecule has 0 saturated carbocycles. The van der Waals surface area contributed by atoms with Crippen molar-refractivity contribution in [2.45, 2.75) is 12.5 Å². The lowest BCUT2D eigenvalue weighted by atomic mass is 10.2. The van der Waals surface area contributed by atoms with E-state index in [1.165, 1.54) is 13.2 Å². The maximum absolute atomic E-state index is 12.8. The predicted molar refractivity (Wildman–Crippen MR) is 104 cm³/mol. The molecule has 13 heteroatoms. The van der Waals surface area contributed by atoms with Crippen LogP contribution < -0.4 is 9.47 Å². The van der Waals surface area contributed by atoms with Gasteiger partial charge in [0.15, 0.2) is 0 Å². The molecule has 0 saturated heterocycles. The summed E-state index contributed by atoms with van der Waals surface area (Å²) in [6.07, 6.45) is -6.24. The number of esters is 1. The Hall–Kier alpha value is -3.09.